The molecule has 0 fully saturated rings. The minimum atomic E-state index is -4.94. The van der Waals surface area contributed by atoms with Gasteiger partial charge in [0.2, 0.25) is 0 Å². The van der Waals surface area contributed by atoms with E-state index in [4.69, 9.17) is 37.0 Å². The van der Waals surface area contributed by atoms with Gasteiger partial charge in [-0.15, -0.1) is 0 Å². The Morgan fingerprint density at radius 1 is 0.359 bits per heavy atom. The molecule has 0 aliphatic rings. The van der Waals surface area contributed by atoms with Gasteiger partial charge in [-0.1, -0.05) is 222 Å². The molecule has 3 N–H and O–H groups in total. The van der Waals surface area contributed by atoms with E-state index in [1.165, 1.54) is 64.2 Å². The molecular weight excluding hydrogens is 1040 g/mol. The van der Waals surface area contributed by atoms with E-state index in [0.717, 1.165) is 115 Å². The Morgan fingerprint density at radius 2 is 0.615 bits per heavy atom. The lowest BCUT2D eigenvalue weighted by Crippen LogP contribution is -2.30. The highest BCUT2D eigenvalue weighted by Crippen LogP contribution is 2.45. The van der Waals surface area contributed by atoms with Gasteiger partial charge in [-0.3, -0.25) is 37.3 Å². The second kappa shape index (κ2) is 49.7. The molecule has 7 atom stereocenters. The van der Waals surface area contributed by atoms with Crippen molar-refractivity contribution in [3.63, 3.8) is 0 Å². The molecule has 0 aliphatic heterocycles. The number of rotatable bonds is 56. The monoisotopic (exact) mass is 1160 g/mol. The predicted molar refractivity (Wildman–Crippen MR) is 307 cm³/mol. The molecule has 0 aromatic heterocycles. The minimum absolute atomic E-state index is 0.100. The molecule has 0 radical (unpaired) electrons. The van der Waals surface area contributed by atoms with Gasteiger partial charge in [0.25, 0.3) is 0 Å². The number of carbonyl (C=O) groups excluding carboxylic acids is 4. The van der Waals surface area contributed by atoms with Crippen molar-refractivity contribution in [2.75, 3.05) is 39.6 Å². The first-order valence-corrected chi connectivity index (χ1v) is 33.8. The summed E-state index contributed by atoms with van der Waals surface area (Å²) < 4.78 is 67.7. The Labute approximate surface area is 473 Å². The van der Waals surface area contributed by atoms with Crippen molar-refractivity contribution in [3.8, 4) is 0 Å². The third kappa shape index (κ3) is 51.0. The number of aliphatic hydroxyl groups is 1. The van der Waals surface area contributed by atoms with Crippen LogP contribution in [0.2, 0.25) is 0 Å². The average Bonchev–Trinajstić information content (AvgIpc) is 3.39. The Hall–Kier alpha value is -1.94. The Bertz CT molecular complexity index is 1580. The van der Waals surface area contributed by atoms with Crippen LogP contribution in [0, 0.1) is 23.7 Å². The fourth-order valence-corrected chi connectivity index (χ4v) is 10.1. The first kappa shape index (κ1) is 76.1. The van der Waals surface area contributed by atoms with Gasteiger partial charge in [-0.2, -0.15) is 0 Å². The average molecular weight is 1160 g/mol. The summed E-state index contributed by atoms with van der Waals surface area (Å²) >= 11 is 0. The summed E-state index contributed by atoms with van der Waals surface area (Å²) in [6.45, 7) is 13.8. The van der Waals surface area contributed by atoms with Gasteiger partial charge in [0, 0.05) is 25.7 Å². The highest BCUT2D eigenvalue weighted by atomic mass is 31.2. The molecule has 0 rings (SSSR count). The maximum Gasteiger partial charge on any atom is 0.472 e. The van der Waals surface area contributed by atoms with Crippen LogP contribution < -0.4 is 0 Å². The number of aliphatic hydroxyl groups excluding tert-OH is 1. The number of esters is 4. The van der Waals surface area contributed by atoms with Crippen LogP contribution in [-0.2, 0) is 65.4 Å². The normalized spacial score (nSPS) is 15.3. The van der Waals surface area contributed by atoms with Crippen LogP contribution in [0.4, 0.5) is 0 Å². The molecule has 17 nitrogen and oxygen atoms in total. The van der Waals surface area contributed by atoms with Crippen LogP contribution in [0.15, 0.2) is 0 Å². The molecule has 0 saturated heterocycles. The number of hydrogen-bond donors (Lipinski definition) is 3. The lowest BCUT2D eigenvalue weighted by Gasteiger charge is -2.21. The molecule has 0 amide bonds. The molecule has 0 saturated carbocycles. The van der Waals surface area contributed by atoms with Crippen molar-refractivity contribution in [1.29, 1.82) is 0 Å². The topological polar surface area (TPSA) is 237 Å². The number of unbranched alkanes of at least 4 members (excludes halogenated alkanes) is 20. The lowest BCUT2D eigenvalue weighted by atomic mass is 10.00. The number of hydrogen-bond acceptors (Lipinski definition) is 15. The van der Waals surface area contributed by atoms with E-state index in [9.17, 15) is 43.2 Å². The van der Waals surface area contributed by atoms with Crippen molar-refractivity contribution >= 4 is 39.5 Å². The Morgan fingerprint density at radius 3 is 0.910 bits per heavy atom. The smallest absolute Gasteiger partial charge is 0.462 e. The Kier molecular flexibility index (Phi) is 48.4. The number of phosphoric acid groups is 2. The molecule has 0 aliphatic carbocycles. The lowest BCUT2D eigenvalue weighted by molar-refractivity contribution is -0.161. The van der Waals surface area contributed by atoms with Gasteiger partial charge in [0.15, 0.2) is 12.2 Å². The van der Waals surface area contributed by atoms with Crippen LogP contribution in [0.5, 0.6) is 0 Å². The molecule has 0 spiro atoms. The maximum atomic E-state index is 12.9. The second-order valence-corrected chi connectivity index (χ2v) is 25.7. The van der Waals surface area contributed by atoms with E-state index in [-0.39, 0.29) is 25.7 Å². The van der Waals surface area contributed by atoms with Crippen LogP contribution >= 0.6 is 15.6 Å². The van der Waals surface area contributed by atoms with Gasteiger partial charge in [0.05, 0.1) is 26.4 Å². The molecule has 462 valence electrons. The summed E-state index contributed by atoms with van der Waals surface area (Å²) in [5.41, 5.74) is 0. The zero-order chi connectivity index (χ0) is 58.3. The molecule has 4 unspecified atom stereocenters. The number of ether oxygens (including phenoxy) is 4. The molecule has 0 bridgehead atoms. The molecule has 19 heteroatoms. The summed E-state index contributed by atoms with van der Waals surface area (Å²) in [5.74, 6) is 0.645. The number of phosphoric ester groups is 2. The fourth-order valence-electron chi connectivity index (χ4n) is 8.48. The molecule has 0 heterocycles. The van der Waals surface area contributed by atoms with Crippen LogP contribution in [-0.4, -0.2) is 96.7 Å². The number of carbonyl (C=O) groups is 4. The maximum absolute atomic E-state index is 12.9. The zero-order valence-electron chi connectivity index (χ0n) is 50.3. The van der Waals surface area contributed by atoms with Gasteiger partial charge < -0.3 is 33.8 Å². The van der Waals surface area contributed by atoms with E-state index in [2.05, 4.69) is 55.4 Å². The van der Waals surface area contributed by atoms with E-state index >= 15 is 0 Å². The first-order valence-electron chi connectivity index (χ1n) is 30.8. The molecule has 0 aromatic rings. The summed E-state index contributed by atoms with van der Waals surface area (Å²) in [6.07, 6.45) is 27.0. The van der Waals surface area contributed by atoms with Crippen molar-refractivity contribution in [2.45, 2.75) is 292 Å². The highest BCUT2D eigenvalue weighted by molar-refractivity contribution is 7.47. The fraction of sp³-hybridized carbons (Fsp3) is 0.932. The van der Waals surface area contributed by atoms with Crippen molar-refractivity contribution in [2.24, 2.45) is 23.7 Å². The highest BCUT2D eigenvalue weighted by Gasteiger charge is 2.30. The third-order valence-electron chi connectivity index (χ3n) is 14.0. The van der Waals surface area contributed by atoms with E-state index in [0.29, 0.717) is 37.5 Å². The van der Waals surface area contributed by atoms with Gasteiger partial charge in [-0.05, 0) is 49.4 Å². The largest absolute Gasteiger partial charge is 0.472 e. The summed E-state index contributed by atoms with van der Waals surface area (Å²) in [7, 11) is -9.88. The second-order valence-electron chi connectivity index (χ2n) is 22.8. The van der Waals surface area contributed by atoms with E-state index < -0.39 is 97.5 Å². The van der Waals surface area contributed by atoms with Crippen molar-refractivity contribution < 1.29 is 80.2 Å². The van der Waals surface area contributed by atoms with Gasteiger partial charge in [0.1, 0.15) is 19.3 Å². The Balaban J connectivity index is 5.26. The first-order chi connectivity index (χ1) is 37.2. The summed E-state index contributed by atoms with van der Waals surface area (Å²) in [4.78, 5) is 71.9. The molecule has 0 aromatic carbocycles. The van der Waals surface area contributed by atoms with Crippen LogP contribution in [0.25, 0.3) is 0 Å². The van der Waals surface area contributed by atoms with Gasteiger partial charge in [-0.25, -0.2) is 9.13 Å². The SMILES string of the molecule is CCC(C)CCCCCCCCC(=O)OC[C@H](COP(=O)(O)OC[C@H](O)COP(=O)(O)OC[C@@H](COC(=O)CCCCCCCCC(C)C)OC(=O)CCCCCCCCC(C)C)OC(=O)CCCCCCCCC(C)CC. The summed E-state index contributed by atoms with van der Waals surface area (Å²) in [5, 5.41) is 10.5. The van der Waals surface area contributed by atoms with Crippen LogP contribution in [0.3, 0.4) is 0 Å². The molecular formula is C59H114O17P2. The third-order valence-corrected chi connectivity index (χ3v) is 15.9. The molecule has 78 heavy (non-hydrogen) atoms. The van der Waals surface area contributed by atoms with Crippen molar-refractivity contribution in [3.05, 3.63) is 0 Å². The van der Waals surface area contributed by atoms with Crippen LogP contribution in [0.1, 0.15) is 274 Å². The van der Waals surface area contributed by atoms with E-state index in [1.807, 2.05) is 0 Å². The van der Waals surface area contributed by atoms with Crippen molar-refractivity contribution in [1.82, 2.24) is 0 Å². The van der Waals surface area contributed by atoms with Gasteiger partial charge >= 0.3 is 39.5 Å². The minimum Gasteiger partial charge on any atom is -0.462 e. The predicted octanol–water partition coefficient (Wildman–Crippen LogP) is 15.4. The summed E-state index contributed by atoms with van der Waals surface area (Å²) in [6, 6.07) is 0. The quantitative estimate of drug-likeness (QED) is 0.0222. The van der Waals surface area contributed by atoms with E-state index in [1.54, 1.807) is 0 Å². The standard InChI is InChI=1S/C59H114O17P2/c1-9-51(7)37-29-21-13-17-24-32-40-57(62)70-46-55(76-59(64)42-34-26-18-14-22-30-38-52(8)10-2)48-74-78(67,68)72-44-53(60)43-71-77(65,66)73-47-54(75-58(63)41-33-25-16-12-20-28-36-50(5)6)45-69-56(61)39-31-23-15-11-19-27-35-49(3)4/h49-55,60H,9-48H2,1-8H3,(H,65,66)(H,67,68)/t51?,52?,53-,54-,55-/m1/s1. The zero-order valence-corrected chi connectivity index (χ0v) is 52.1.